The SMILES string of the molecule is CC[C@@H](C)N(C(=O)CSc1nnc(-c2ccccc2)n1C)[C@H]1CCS(=O)(=O)C1. The van der Waals surface area contributed by atoms with Crippen LogP contribution in [0.3, 0.4) is 0 Å². The van der Waals surface area contributed by atoms with E-state index in [1.54, 1.807) is 4.90 Å². The van der Waals surface area contributed by atoms with Crippen LogP contribution in [0.5, 0.6) is 0 Å². The maximum Gasteiger partial charge on any atom is 0.233 e. The highest BCUT2D eigenvalue weighted by molar-refractivity contribution is 7.99. The summed E-state index contributed by atoms with van der Waals surface area (Å²) < 4.78 is 25.6. The van der Waals surface area contributed by atoms with E-state index in [0.717, 1.165) is 17.8 Å². The number of amides is 1. The van der Waals surface area contributed by atoms with Gasteiger partial charge in [-0.2, -0.15) is 0 Å². The summed E-state index contributed by atoms with van der Waals surface area (Å²) in [6.07, 6.45) is 1.31. The Balaban J connectivity index is 1.70. The molecule has 0 radical (unpaired) electrons. The molecule has 1 saturated heterocycles. The van der Waals surface area contributed by atoms with Crippen LogP contribution in [0.4, 0.5) is 0 Å². The molecule has 0 unspecified atom stereocenters. The van der Waals surface area contributed by atoms with E-state index in [-0.39, 0.29) is 35.2 Å². The van der Waals surface area contributed by atoms with Crippen molar-refractivity contribution in [1.82, 2.24) is 19.7 Å². The summed E-state index contributed by atoms with van der Waals surface area (Å²) in [7, 11) is -1.16. The first kappa shape index (κ1) is 20.9. The van der Waals surface area contributed by atoms with Gasteiger partial charge in [0.2, 0.25) is 5.91 Å². The lowest BCUT2D eigenvalue weighted by Gasteiger charge is -2.33. The second-order valence-corrected chi connectivity index (χ2v) is 10.3. The molecule has 1 aliphatic heterocycles. The molecule has 1 aromatic heterocycles. The predicted octanol–water partition coefficient (Wildman–Crippen LogP) is 2.39. The number of nitrogens with zero attached hydrogens (tertiary/aromatic N) is 4. The van der Waals surface area contributed by atoms with Crippen LogP contribution < -0.4 is 0 Å². The third-order valence-electron chi connectivity index (χ3n) is 5.15. The summed E-state index contributed by atoms with van der Waals surface area (Å²) in [6.45, 7) is 3.99. The van der Waals surface area contributed by atoms with Crippen LogP contribution in [-0.4, -0.2) is 63.3 Å². The smallest absolute Gasteiger partial charge is 0.233 e. The zero-order chi connectivity index (χ0) is 20.3. The molecule has 1 aromatic carbocycles. The zero-order valence-corrected chi connectivity index (χ0v) is 18.0. The van der Waals surface area contributed by atoms with Gasteiger partial charge in [-0.25, -0.2) is 8.42 Å². The van der Waals surface area contributed by atoms with Gasteiger partial charge in [0.05, 0.1) is 17.3 Å². The van der Waals surface area contributed by atoms with E-state index >= 15 is 0 Å². The van der Waals surface area contributed by atoms with E-state index in [4.69, 9.17) is 0 Å². The van der Waals surface area contributed by atoms with Gasteiger partial charge in [-0.15, -0.1) is 10.2 Å². The quantitative estimate of drug-likeness (QED) is 0.637. The first-order chi connectivity index (χ1) is 13.3. The van der Waals surface area contributed by atoms with Gasteiger partial charge in [0.1, 0.15) is 0 Å². The van der Waals surface area contributed by atoms with Gasteiger partial charge in [-0.3, -0.25) is 4.79 Å². The van der Waals surface area contributed by atoms with Crippen molar-refractivity contribution in [2.24, 2.45) is 7.05 Å². The van der Waals surface area contributed by atoms with Crippen molar-refractivity contribution in [2.45, 2.75) is 43.9 Å². The Labute approximate surface area is 170 Å². The Morgan fingerprint density at radius 1 is 1.32 bits per heavy atom. The summed E-state index contributed by atoms with van der Waals surface area (Å²) in [5.41, 5.74) is 0.966. The van der Waals surface area contributed by atoms with Gasteiger partial charge in [-0.05, 0) is 19.8 Å². The summed E-state index contributed by atoms with van der Waals surface area (Å²) in [5, 5.41) is 9.13. The Hall–Kier alpha value is -1.87. The number of hydrogen-bond donors (Lipinski definition) is 0. The average molecular weight is 423 g/mol. The van der Waals surface area contributed by atoms with Gasteiger partial charge >= 0.3 is 0 Å². The number of hydrogen-bond acceptors (Lipinski definition) is 6. The molecule has 1 aliphatic rings. The third-order valence-corrected chi connectivity index (χ3v) is 7.90. The van der Waals surface area contributed by atoms with Crippen molar-refractivity contribution in [3.8, 4) is 11.4 Å². The maximum atomic E-state index is 13.0. The molecule has 152 valence electrons. The number of benzene rings is 1. The largest absolute Gasteiger partial charge is 0.335 e. The number of rotatable bonds is 7. The standard InChI is InChI=1S/C19H26N4O3S2/c1-4-14(2)23(16-10-11-28(25,26)13-16)17(24)12-27-19-21-20-18(22(19)3)15-8-6-5-7-9-15/h5-9,14,16H,4,10-13H2,1-3H3/t14-,16+/m1/s1. The summed E-state index contributed by atoms with van der Waals surface area (Å²) in [5.74, 6) is 1.13. The fourth-order valence-corrected chi connectivity index (χ4v) is 5.97. The number of carbonyl (C=O) groups excluding carboxylic acids is 1. The Morgan fingerprint density at radius 2 is 2.04 bits per heavy atom. The molecule has 0 saturated carbocycles. The van der Waals surface area contributed by atoms with Crippen molar-refractivity contribution in [3.63, 3.8) is 0 Å². The lowest BCUT2D eigenvalue weighted by molar-refractivity contribution is -0.132. The van der Waals surface area contributed by atoms with Crippen LogP contribution in [-0.2, 0) is 21.7 Å². The number of sulfone groups is 1. The molecule has 0 spiro atoms. The molecular weight excluding hydrogens is 396 g/mol. The molecule has 3 rings (SSSR count). The van der Waals surface area contributed by atoms with Crippen molar-refractivity contribution < 1.29 is 13.2 Å². The molecule has 0 bridgehead atoms. The highest BCUT2D eigenvalue weighted by Crippen LogP contribution is 2.25. The second kappa shape index (κ2) is 8.65. The highest BCUT2D eigenvalue weighted by Gasteiger charge is 2.36. The fraction of sp³-hybridized carbons (Fsp3) is 0.526. The number of aromatic nitrogens is 3. The molecule has 2 atom stereocenters. The lowest BCUT2D eigenvalue weighted by atomic mass is 10.1. The average Bonchev–Trinajstić information content (AvgIpc) is 3.22. The van der Waals surface area contributed by atoms with E-state index in [9.17, 15) is 13.2 Å². The Kier molecular flexibility index (Phi) is 6.44. The molecule has 9 heteroatoms. The first-order valence-corrected chi connectivity index (χ1v) is 12.2. The maximum absolute atomic E-state index is 13.0. The minimum atomic E-state index is -3.04. The second-order valence-electron chi connectivity index (χ2n) is 7.14. The Morgan fingerprint density at radius 3 is 2.64 bits per heavy atom. The normalized spacial score (nSPS) is 19.5. The zero-order valence-electron chi connectivity index (χ0n) is 16.4. The van der Waals surface area contributed by atoms with E-state index in [1.807, 2.05) is 55.8 Å². The molecule has 2 heterocycles. The van der Waals surface area contributed by atoms with Crippen molar-refractivity contribution in [2.75, 3.05) is 17.3 Å². The van der Waals surface area contributed by atoms with Crippen molar-refractivity contribution in [1.29, 1.82) is 0 Å². The molecule has 2 aromatic rings. The predicted molar refractivity (Wildman–Crippen MR) is 111 cm³/mol. The highest BCUT2D eigenvalue weighted by atomic mass is 32.2. The van der Waals surface area contributed by atoms with Crippen LogP contribution in [0, 0.1) is 0 Å². The molecule has 1 fully saturated rings. The van der Waals surface area contributed by atoms with Crippen LogP contribution in [0.1, 0.15) is 26.7 Å². The first-order valence-electron chi connectivity index (χ1n) is 9.41. The van der Waals surface area contributed by atoms with E-state index in [0.29, 0.717) is 11.6 Å². The van der Waals surface area contributed by atoms with Gasteiger partial charge < -0.3 is 9.47 Å². The minimum Gasteiger partial charge on any atom is -0.335 e. The van der Waals surface area contributed by atoms with Crippen molar-refractivity contribution in [3.05, 3.63) is 30.3 Å². The monoisotopic (exact) mass is 422 g/mol. The minimum absolute atomic E-state index is 0.00535. The van der Waals surface area contributed by atoms with Crippen LogP contribution >= 0.6 is 11.8 Å². The van der Waals surface area contributed by atoms with E-state index in [2.05, 4.69) is 10.2 Å². The summed E-state index contributed by atoms with van der Waals surface area (Å²) in [4.78, 5) is 14.7. The van der Waals surface area contributed by atoms with Crippen LogP contribution in [0.15, 0.2) is 35.5 Å². The van der Waals surface area contributed by atoms with Crippen molar-refractivity contribution >= 4 is 27.5 Å². The van der Waals surface area contributed by atoms with Crippen LogP contribution in [0.25, 0.3) is 11.4 Å². The number of carbonyl (C=O) groups is 1. The molecule has 0 N–H and O–H groups in total. The van der Waals surface area contributed by atoms with E-state index in [1.165, 1.54) is 11.8 Å². The molecule has 1 amide bonds. The molecule has 7 nitrogen and oxygen atoms in total. The number of thioether (sulfide) groups is 1. The van der Waals surface area contributed by atoms with Gasteiger partial charge in [0, 0.05) is 24.7 Å². The summed E-state index contributed by atoms with van der Waals surface area (Å²) in [6, 6.07) is 9.54. The third kappa shape index (κ3) is 4.57. The van der Waals surface area contributed by atoms with Gasteiger partial charge in [0.25, 0.3) is 0 Å². The lowest BCUT2D eigenvalue weighted by Crippen LogP contribution is -2.47. The Bertz CT molecular complexity index is 928. The fourth-order valence-electron chi connectivity index (χ4n) is 3.48. The molecule has 0 aliphatic carbocycles. The van der Waals surface area contributed by atoms with Crippen LogP contribution in [0.2, 0.25) is 0 Å². The van der Waals surface area contributed by atoms with Gasteiger partial charge in [0.15, 0.2) is 20.8 Å². The van der Waals surface area contributed by atoms with Gasteiger partial charge in [-0.1, -0.05) is 49.0 Å². The molecular formula is C19H26N4O3S2. The van der Waals surface area contributed by atoms with E-state index < -0.39 is 9.84 Å². The topological polar surface area (TPSA) is 85.2 Å². The summed E-state index contributed by atoms with van der Waals surface area (Å²) >= 11 is 1.33. The molecule has 28 heavy (non-hydrogen) atoms.